The monoisotopic (exact) mass is 413 g/mol. The molecule has 21 heavy (non-hydrogen) atoms. The van der Waals surface area contributed by atoms with E-state index >= 15 is 0 Å². The Bertz CT molecular complexity index is 331. The smallest absolute Gasteiger partial charge is 0.306 e. The predicted octanol–water partition coefficient (Wildman–Crippen LogP) is 3.21. The lowest BCUT2D eigenvalue weighted by molar-refractivity contribution is -0.154. The molecular formula is C15H32IN3O2. The van der Waals surface area contributed by atoms with E-state index in [2.05, 4.69) is 10.3 Å². The molecule has 0 unspecified atom stereocenters. The van der Waals surface area contributed by atoms with Crippen LogP contribution in [0.25, 0.3) is 0 Å². The van der Waals surface area contributed by atoms with Crippen molar-refractivity contribution in [3.63, 3.8) is 0 Å². The Morgan fingerprint density at radius 3 is 2.14 bits per heavy atom. The molecule has 5 nitrogen and oxygen atoms in total. The zero-order valence-corrected chi connectivity index (χ0v) is 16.6. The summed E-state index contributed by atoms with van der Waals surface area (Å²) in [6.07, 6.45) is 3.18. The van der Waals surface area contributed by atoms with Gasteiger partial charge in [-0.3, -0.25) is 9.79 Å². The van der Waals surface area contributed by atoms with Crippen LogP contribution in [-0.4, -0.2) is 29.6 Å². The topological polar surface area (TPSA) is 76.7 Å². The maximum atomic E-state index is 11.5. The second-order valence-corrected chi connectivity index (χ2v) is 7.04. The molecule has 0 aliphatic carbocycles. The Hall–Kier alpha value is -0.530. The summed E-state index contributed by atoms with van der Waals surface area (Å²) in [7, 11) is 0. The Balaban J connectivity index is 0. The molecule has 6 heteroatoms. The van der Waals surface area contributed by atoms with Gasteiger partial charge in [0.1, 0.15) is 5.60 Å². The molecule has 0 fully saturated rings. The molecule has 3 N–H and O–H groups in total. The number of aliphatic imine (C=N–C) groups is 1. The molecule has 0 saturated carbocycles. The first-order valence-electron chi connectivity index (χ1n) is 7.29. The largest absolute Gasteiger partial charge is 0.460 e. The highest BCUT2D eigenvalue weighted by Crippen LogP contribution is 2.10. The van der Waals surface area contributed by atoms with Crippen LogP contribution in [0, 0.1) is 0 Å². The van der Waals surface area contributed by atoms with Crippen LogP contribution in [0.1, 0.15) is 67.2 Å². The van der Waals surface area contributed by atoms with Crippen LogP contribution >= 0.6 is 24.0 Å². The van der Waals surface area contributed by atoms with Crippen molar-refractivity contribution in [2.24, 2.45) is 10.7 Å². The number of nitrogens with one attached hydrogen (secondary N) is 1. The quantitative estimate of drug-likeness (QED) is 0.231. The van der Waals surface area contributed by atoms with Crippen LogP contribution in [0.3, 0.4) is 0 Å². The molecule has 0 atom stereocenters. The Morgan fingerprint density at radius 2 is 1.67 bits per heavy atom. The van der Waals surface area contributed by atoms with E-state index < -0.39 is 5.60 Å². The first-order valence-corrected chi connectivity index (χ1v) is 7.29. The number of ether oxygens (including phenoxy) is 1. The molecule has 0 rings (SSSR count). The lowest BCUT2D eigenvalue weighted by Crippen LogP contribution is -2.45. The number of esters is 1. The fourth-order valence-corrected chi connectivity index (χ4v) is 1.57. The van der Waals surface area contributed by atoms with E-state index in [0.717, 1.165) is 19.3 Å². The Labute approximate surface area is 146 Å². The van der Waals surface area contributed by atoms with Crippen molar-refractivity contribution in [3.8, 4) is 0 Å². The third kappa shape index (κ3) is 17.4. The third-order valence-electron chi connectivity index (χ3n) is 2.24. The van der Waals surface area contributed by atoms with Gasteiger partial charge in [0.25, 0.3) is 0 Å². The molecule has 0 aliphatic heterocycles. The van der Waals surface area contributed by atoms with Gasteiger partial charge in [-0.2, -0.15) is 0 Å². The van der Waals surface area contributed by atoms with Crippen LogP contribution in [-0.2, 0) is 9.53 Å². The number of hydrogen-bond acceptors (Lipinski definition) is 3. The minimum atomic E-state index is -0.394. The summed E-state index contributed by atoms with van der Waals surface area (Å²) < 4.78 is 5.24. The van der Waals surface area contributed by atoms with Gasteiger partial charge in [0.15, 0.2) is 5.96 Å². The van der Waals surface area contributed by atoms with Crippen LogP contribution in [0.5, 0.6) is 0 Å². The molecule has 0 radical (unpaired) electrons. The molecule has 0 aliphatic rings. The van der Waals surface area contributed by atoms with Gasteiger partial charge >= 0.3 is 5.97 Å². The Kier molecular flexibility index (Phi) is 11.1. The van der Waals surface area contributed by atoms with Gasteiger partial charge in [-0.1, -0.05) is 6.42 Å². The summed E-state index contributed by atoms with van der Waals surface area (Å²) in [5.74, 6) is 0.347. The van der Waals surface area contributed by atoms with E-state index in [9.17, 15) is 4.79 Å². The highest BCUT2D eigenvalue weighted by molar-refractivity contribution is 14.0. The first-order chi connectivity index (χ1) is 8.99. The van der Waals surface area contributed by atoms with E-state index in [0.29, 0.717) is 18.9 Å². The van der Waals surface area contributed by atoms with Crippen molar-refractivity contribution >= 4 is 35.9 Å². The molecule has 126 valence electrons. The molecule has 0 heterocycles. The fourth-order valence-electron chi connectivity index (χ4n) is 1.57. The zero-order chi connectivity index (χ0) is 15.8. The number of hydrogen-bond donors (Lipinski definition) is 2. The normalized spacial score (nSPS) is 12.6. The summed E-state index contributed by atoms with van der Waals surface area (Å²) in [5, 5.41) is 3.11. The average Bonchev–Trinajstić information content (AvgIpc) is 2.17. The van der Waals surface area contributed by atoms with E-state index in [1.54, 1.807) is 0 Å². The second kappa shape index (κ2) is 10.2. The number of nitrogens with zero attached hydrogens (tertiary/aromatic N) is 1. The first kappa shape index (κ1) is 22.7. The van der Waals surface area contributed by atoms with Crippen LogP contribution in [0.2, 0.25) is 0 Å². The van der Waals surface area contributed by atoms with Gasteiger partial charge < -0.3 is 15.8 Å². The van der Waals surface area contributed by atoms with Gasteiger partial charge in [0.2, 0.25) is 0 Å². The van der Waals surface area contributed by atoms with Crippen LogP contribution < -0.4 is 11.1 Å². The van der Waals surface area contributed by atoms with Gasteiger partial charge in [-0.15, -0.1) is 24.0 Å². The number of halogens is 1. The van der Waals surface area contributed by atoms with Crippen molar-refractivity contribution in [1.29, 1.82) is 0 Å². The Morgan fingerprint density at radius 1 is 1.10 bits per heavy atom. The number of nitrogens with two attached hydrogens (primary N) is 1. The van der Waals surface area contributed by atoms with E-state index in [-0.39, 0.29) is 35.5 Å². The maximum Gasteiger partial charge on any atom is 0.306 e. The van der Waals surface area contributed by atoms with E-state index in [1.807, 2.05) is 41.5 Å². The van der Waals surface area contributed by atoms with Crippen LogP contribution in [0.4, 0.5) is 0 Å². The SMILES string of the molecule is CC(C)(C)NC(N)=NCCCCCC(=O)OC(C)(C)C.I. The van der Waals surface area contributed by atoms with Gasteiger partial charge in [-0.05, 0) is 54.4 Å². The summed E-state index contributed by atoms with van der Waals surface area (Å²) in [6, 6.07) is 0. The van der Waals surface area contributed by atoms with Gasteiger partial charge in [0, 0.05) is 18.5 Å². The molecule has 0 spiro atoms. The molecule has 0 amide bonds. The fraction of sp³-hybridized carbons (Fsp3) is 0.867. The minimum absolute atomic E-state index is 0. The molecule has 0 saturated heterocycles. The van der Waals surface area contributed by atoms with Gasteiger partial charge in [0.05, 0.1) is 0 Å². The third-order valence-corrected chi connectivity index (χ3v) is 2.24. The van der Waals surface area contributed by atoms with Crippen LogP contribution in [0.15, 0.2) is 4.99 Å². The van der Waals surface area contributed by atoms with Crippen molar-refractivity contribution in [3.05, 3.63) is 0 Å². The molecule has 0 bridgehead atoms. The van der Waals surface area contributed by atoms with Crippen molar-refractivity contribution in [2.45, 2.75) is 78.4 Å². The lowest BCUT2D eigenvalue weighted by atomic mass is 10.1. The van der Waals surface area contributed by atoms with Crippen molar-refractivity contribution in [1.82, 2.24) is 5.32 Å². The standard InChI is InChI=1S/C15H31N3O2.HI/c1-14(2,3)18-13(16)17-11-9-7-8-10-12(19)20-15(4,5)6;/h7-11H2,1-6H3,(H3,16,17,18);1H. The maximum absolute atomic E-state index is 11.5. The number of unbranched alkanes of at least 4 members (excludes halogenated alkanes) is 2. The number of rotatable bonds is 6. The van der Waals surface area contributed by atoms with E-state index in [1.165, 1.54) is 0 Å². The molecule has 0 aromatic rings. The summed E-state index contributed by atoms with van der Waals surface area (Å²) in [4.78, 5) is 15.7. The molecule has 0 aromatic heterocycles. The average molecular weight is 413 g/mol. The number of guanidine groups is 1. The summed E-state index contributed by atoms with van der Waals surface area (Å²) >= 11 is 0. The number of carbonyl (C=O) groups is 1. The summed E-state index contributed by atoms with van der Waals surface area (Å²) in [5.41, 5.74) is 5.30. The van der Waals surface area contributed by atoms with Crippen molar-refractivity contribution in [2.75, 3.05) is 6.54 Å². The van der Waals surface area contributed by atoms with Crippen molar-refractivity contribution < 1.29 is 9.53 Å². The highest BCUT2D eigenvalue weighted by atomic mass is 127. The zero-order valence-electron chi connectivity index (χ0n) is 14.3. The molecule has 0 aromatic carbocycles. The predicted molar refractivity (Wildman–Crippen MR) is 99.1 cm³/mol. The minimum Gasteiger partial charge on any atom is -0.460 e. The number of carbonyl (C=O) groups excluding carboxylic acids is 1. The highest BCUT2D eigenvalue weighted by Gasteiger charge is 2.15. The second-order valence-electron chi connectivity index (χ2n) is 7.04. The lowest BCUT2D eigenvalue weighted by Gasteiger charge is -2.21. The molecular weight excluding hydrogens is 381 g/mol. The summed E-state index contributed by atoms with van der Waals surface area (Å²) in [6.45, 7) is 12.4. The van der Waals surface area contributed by atoms with Gasteiger partial charge in [-0.25, -0.2) is 0 Å². The van der Waals surface area contributed by atoms with E-state index in [4.69, 9.17) is 10.5 Å².